The number of carbonyl (C=O) groups is 3. The summed E-state index contributed by atoms with van der Waals surface area (Å²) in [7, 11) is 0. The lowest BCUT2D eigenvalue weighted by Crippen LogP contribution is -2.54. The predicted octanol–water partition coefficient (Wildman–Crippen LogP) is 2.17. The highest BCUT2D eigenvalue weighted by atomic mass is 16.4. The summed E-state index contributed by atoms with van der Waals surface area (Å²) in [6, 6.07) is -1.44. The van der Waals surface area contributed by atoms with Crippen LogP contribution in [0.3, 0.4) is 0 Å². The van der Waals surface area contributed by atoms with Crippen molar-refractivity contribution in [2.75, 3.05) is 0 Å². The summed E-state index contributed by atoms with van der Waals surface area (Å²) in [4.78, 5) is 38.1. The molecule has 2 aliphatic rings. The van der Waals surface area contributed by atoms with E-state index in [1.165, 1.54) is 0 Å². The molecule has 1 heterocycles. The summed E-state index contributed by atoms with van der Waals surface area (Å²) >= 11 is 0. The van der Waals surface area contributed by atoms with Crippen LogP contribution in [0.5, 0.6) is 0 Å². The third kappa shape index (κ3) is 4.28. The van der Waals surface area contributed by atoms with Gasteiger partial charge in [0, 0.05) is 12.5 Å². The van der Waals surface area contributed by atoms with Gasteiger partial charge in [-0.3, -0.25) is 9.59 Å². The van der Waals surface area contributed by atoms with Gasteiger partial charge in [0.1, 0.15) is 12.1 Å². The maximum absolute atomic E-state index is 12.9. The van der Waals surface area contributed by atoms with Crippen molar-refractivity contribution in [2.24, 2.45) is 11.3 Å². The number of likely N-dealkylation sites (tertiary alicyclic amines) is 1. The summed E-state index contributed by atoms with van der Waals surface area (Å²) in [5, 5.41) is 12.3. The molecule has 0 spiro atoms. The second-order valence-electron chi connectivity index (χ2n) is 8.47. The molecule has 6 heteroatoms. The van der Waals surface area contributed by atoms with E-state index in [2.05, 4.69) is 5.32 Å². The maximum Gasteiger partial charge on any atom is 0.326 e. The van der Waals surface area contributed by atoms with Gasteiger partial charge in [-0.2, -0.15) is 0 Å². The Labute approximate surface area is 144 Å². The third-order valence-corrected chi connectivity index (χ3v) is 5.07. The van der Waals surface area contributed by atoms with Crippen molar-refractivity contribution in [3.63, 3.8) is 0 Å². The van der Waals surface area contributed by atoms with Gasteiger partial charge in [-0.25, -0.2) is 4.79 Å². The molecule has 1 saturated carbocycles. The van der Waals surface area contributed by atoms with Crippen LogP contribution in [0.1, 0.15) is 66.2 Å². The fraction of sp³-hybridized carbons (Fsp3) is 0.833. The van der Waals surface area contributed by atoms with Gasteiger partial charge in [-0.05, 0) is 37.5 Å². The Balaban J connectivity index is 2.07. The number of nitrogens with one attached hydrogen (secondary N) is 1. The fourth-order valence-electron chi connectivity index (χ4n) is 4.06. The van der Waals surface area contributed by atoms with Gasteiger partial charge in [0.05, 0.1) is 0 Å². The Morgan fingerprint density at radius 2 is 1.83 bits per heavy atom. The van der Waals surface area contributed by atoms with Crippen molar-refractivity contribution >= 4 is 17.8 Å². The molecule has 0 aromatic rings. The van der Waals surface area contributed by atoms with Crippen molar-refractivity contribution in [2.45, 2.75) is 84.3 Å². The minimum atomic E-state index is -0.939. The first kappa shape index (κ1) is 18.7. The van der Waals surface area contributed by atoms with Crippen LogP contribution in [0, 0.1) is 11.3 Å². The zero-order chi connectivity index (χ0) is 18.1. The Bertz CT molecular complexity index is 512. The standard InChI is InChI=1S/C18H30N2O4/c1-11(19-15(21)10-18(2,3)4)16(22)20-13-8-6-5-7-12(13)9-14(20)17(23)24/h11-14H,5-10H2,1-4H3,(H,19,21)(H,23,24). The maximum atomic E-state index is 12.9. The molecule has 1 saturated heterocycles. The lowest BCUT2D eigenvalue weighted by atomic mass is 9.84. The van der Waals surface area contributed by atoms with Gasteiger partial charge in [-0.15, -0.1) is 0 Å². The number of fused-ring (bicyclic) bond motifs is 1. The molecule has 2 fully saturated rings. The highest BCUT2D eigenvalue weighted by Crippen LogP contribution is 2.40. The summed E-state index contributed by atoms with van der Waals surface area (Å²) in [5.74, 6) is -1.10. The molecule has 2 N–H and O–H groups in total. The molecule has 2 amide bonds. The van der Waals surface area contributed by atoms with E-state index < -0.39 is 18.1 Å². The summed E-state index contributed by atoms with van der Waals surface area (Å²) in [6.07, 6.45) is 4.86. The Kier molecular flexibility index (Phi) is 5.56. The number of rotatable bonds is 4. The molecule has 0 bridgehead atoms. The van der Waals surface area contributed by atoms with E-state index >= 15 is 0 Å². The molecule has 4 atom stereocenters. The molecular formula is C18H30N2O4. The molecular weight excluding hydrogens is 308 g/mol. The largest absolute Gasteiger partial charge is 0.480 e. The molecule has 0 aromatic carbocycles. The van der Waals surface area contributed by atoms with Crippen LogP contribution in [0.2, 0.25) is 0 Å². The monoisotopic (exact) mass is 338 g/mol. The summed E-state index contributed by atoms with van der Waals surface area (Å²) < 4.78 is 0. The summed E-state index contributed by atoms with van der Waals surface area (Å²) in [6.45, 7) is 7.55. The first-order chi connectivity index (χ1) is 11.1. The first-order valence-corrected chi connectivity index (χ1v) is 8.94. The molecule has 4 unspecified atom stereocenters. The van der Waals surface area contributed by atoms with E-state index in [1.807, 2.05) is 20.8 Å². The van der Waals surface area contributed by atoms with Gasteiger partial charge < -0.3 is 15.3 Å². The Morgan fingerprint density at radius 3 is 2.42 bits per heavy atom. The van der Waals surface area contributed by atoms with Gasteiger partial charge >= 0.3 is 5.97 Å². The topological polar surface area (TPSA) is 86.7 Å². The minimum Gasteiger partial charge on any atom is -0.480 e. The zero-order valence-electron chi connectivity index (χ0n) is 15.2. The number of hydrogen-bond acceptors (Lipinski definition) is 3. The predicted molar refractivity (Wildman–Crippen MR) is 90.3 cm³/mol. The number of aliphatic carboxylic acids is 1. The molecule has 1 aliphatic heterocycles. The average Bonchev–Trinajstić information content (AvgIpc) is 2.83. The average molecular weight is 338 g/mol. The molecule has 1 aliphatic carbocycles. The fourth-order valence-corrected chi connectivity index (χ4v) is 4.06. The van der Waals surface area contributed by atoms with Crippen LogP contribution in [-0.4, -0.2) is 45.9 Å². The normalized spacial score (nSPS) is 28.2. The summed E-state index contributed by atoms with van der Waals surface area (Å²) in [5.41, 5.74) is -0.154. The molecule has 136 valence electrons. The highest BCUT2D eigenvalue weighted by molar-refractivity contribution is 5.91. The SMILES string of the molecule is CC(NC(=O)CC(C)(C)C)C(=O)N1C(C(=O)O)CC2CCCCC21. The van der Waals surface area contributed by atoms with E-state index in [9.17, 15) is 19.5 Å². The van der Waals surface area contributed by atoms with Crippen LogP contribution in [0.4, 0.5) is 0 Å². The highest BCUT2D eigenvalue weighted by Gasteiger charge is 2.48. The first-order valence-electron chi connectivity index (χ1n) is 8.94. The lowest BCUT2D eigenvalue weighted by molar-refractivity contribution is -0.151. The second kappa shape index (κ2) is 7.11. The van der Waals surface area contributed by atoms with Gasteiger partial charge in [0.25, 0.3) is 0 Å². The third-order valence-electron chi connectivity index (χ3n) is 5.07. The lowest BCUT2D eigenvalue weighted by Gasteiger charge is -2.34. The van der Waals surface area contributed by atoms with E-state index in [0.29, 0.717) is 12.8 Å². The smallest absolute Gasteiger partial charge is 0.326 e. The van der Waals surface area contributed by atoms with E-state index in [1.54, 1.807) is 11.8 Å². The quantitative estimate of drug-likeness (QED) is 0.822. The second-order valence-corrected chi connectivity index (χ2v) is 8.47. The number of nitrogens with zero attached hydrogens (tertiary/aromatic N) is 1. The van der Waals surface area contributed by atoms with E-state index in [4.69, 9.17) is 0 Å². The van der Waals surface area contributed by atoms with Crippen LogP contribution in [-0.2, 0) is 14.4 Å². The van der Waals surface area contributed by atoms with Crippen molar-refractivity contribution < 1.29 is 19.5 Å². The van der Waals surface area contributed by atoms with Crippen LogP contribution >= 0.6 is 0 Å². The minimum absolute atomic E-state index is 0.00863. The van der Waals surface area contributed by atoms with Gasteiger partial charge in [0.15, 0.2) is 0 Å². The number of carboxylic acids is 1. The Hall–Kier alpha value is -1.59. The van der Waals surface area contributed by atoms with Gasteiger partial charge in [0.2, 0.25) is 11.8 Å². The Morgan fingerprint density at radius 1 is 1.21 bits per heavy atom. The molecule has 0 aromatic heterocycles. The zero-order valence-corrected chi connectivity index (χ0v) is 15.2. The molecule has 24 heavy (non-hydrogen) atoms. The molecule has 0 radical (unpaired) electrons. The van der Waals surface area contributed by atoms with E-state index in [0.717, 1.165) is 25.7 Å². The number of amides is 2. The molecule has 6 nitrogen and oxygen atoms in total. The van der Waals surface area contributed by atoms with Crippen LogP contribution in [0.25, 0.3) is 0 Å². The van der Waals surface area contributed by atoms with Crippen molar-refractivity contribution in [3.05, 3.63) is 0 Å². The number of carbonyl (C=O) groups excluding carboxylic acids is 2. The van der Waals surface area contributed by atoms with Crippen molar-refractivity contribution in [1.82, 2.24) is 10.2 Å². The van der Waals surface area contributed by atoms with Crippen LogP contribution in [0.15, 0.2) is 0 Å². The van der Waals surface area contributed by atoms with E-state index in [-0.39, 0.29) is 29.2 Å². The van der Waals surface area contributed by atoms with Gasteiger partial charge in [-0.1, -0.05) is 33.6 Å². The molecule has 2 rings (SSSR count). The number of hydrogen-bond donors (Lipinski definition) is 2. The van der Waals surface area contributed by atoms with Crippen molar-refractivity contribution in [1.29, 1.82) is 0 Å². The van der Waals surface area contributed by atoms with Crippen molar-refractivity contribution in [3.8, 4) is 0 Å². The number of carboxylic acid groups (broad SMARTS) is 1. The van der Waals surface area contributed by atoms with Crippen LogP contribution < -0.4 is 5.32 Å².